The first-order valence-electron chi connectivity index (χ1n) is 5.93. The van der Waals surface area contributed by atoms with Crippen molar-refractivity contribution in [2.45, 2.75) is 25.3 Å². The van der Waals surface area contributed by atoms with Gasteiger partial charge in [-0.05, 0) is 18.6 Å². The quantitative estimate of drug-likeness (QED) is 0.776. The van der Waals surface area contributed by atoms with E-state index in [0.29, 0.717) is 17.5 Å². The minimum Gasteiger partial charge on any atom is -0.383 e. The Labute approximate surface area is 117 Å². The van der Waals surface area contributed by atoms with Gasteiger partial charge in [0.25, 0.3) is 0 Å². The van der Waals surface area contributed by atoms with Gasteiger partial charge in [-0.25, -0.2) is 4.98 Å². The first-order valence-corrected chi connectivity index (χ1v) is 6.84. The summed E-state index contributed by atoms with van der Waals surface area (Å²) < 4.78 is 7.41. The third kappa shape index (κ3) is 2.35. The highest BCUT2D eigenvalue weighted by molar-refractivity contribution is 6.35. The van der Waals surface area contributed by atoms with E-state index < -0.39 is 0 Å². The van der Waals surface area contributed by atoms with Gasteiger partial charge in [0.1, 0.15) is 11.3 Å². The normalized spacial score (nSPS) is 13.1. The molecule has 0 N–H and O–H groups in total. The average molecular weight is 287 g/mol. The zero-order valence-electron chi connectivity index (χ0n) is 10.5. The molecule has 18 heavy (non-hydrogen) atoms. The standard InChI is InChI=1S/C13H16Cl2N2O/c1-3-9(8-18-2)17-11-6-4-5-10(15)13(11)16-12(17)7-14/h4-6,9H,3,7-8H2,1-2H3. The van der Waals surface area contributed by atoms with Gasteiger partial charge < -0.3 is 9.30 Å². The molecule has 0 spiro atoms. The third-order valence-electron chi connectivity index (χ3n) is 3.06. The molecule has 1 aromatic heterocycles. The number of aromatic nitrogens is 2. The molecule has 0 amide bonds. The molecule has 2 aromatic rings. The van der Waals surface area contributed by atoms with E-state index in [-0.39, 0.29) is 6.04 Å². The summed E-state index contributed by atoms with van der Waals surface area (Å²) >= 11 is 12.2. The summed E-state index contributed by atoms with van der Waals surface area (Å²) in [6, 6.07) is 6.02. The molecule has 3 nitrogen and oxygen atoms in total. The summed E-state index contributed by atoms with van der Waals surface area (Å²) in [5.74, 6) is 1.20. The van der Waals surface area contributed by atoms with E-state index in [1.165, 1.54) is 0 Å². The lowest BCUT2D eigenvalue weighted by Gasteiger charge is -2.19. The lowest BCUT2D eigenvalue weighted by Crippen LogP contribution is -2.16. The number of alkyl halides is 1. The molecular weight excluding hydrogens is 271 g/mol. The van der Waals surface area contributed by atoms with Gasteiger partial charge in [-0.2, -0.15) is 0 Å². The van der Waals surface area contributed by atoms with E-state index in [1.54, 1.807) is 7.11 Å². The van der Waals surface area contributed by atoms with Crippen molar-refractivity contribution in [1.82, 2.24) is 9.55 Å². The fourth-order valence-corrected chi connectivity index (χ4v) is 2.60. The van der Waals surface area contributed by atoms with E-state index in [2.05, 4.69) is 16.5 Å². The molecule has 0 saturated heterocycles. The fourth-order valence-electron chi connectivity index (χ4n) is 2.20. The maximum absolute atomic E-state index is 6.17. The SMILES string of the molecule is CCC(COC)n1c(CCl)nc2c(Cl)cccc21. The number of nitrogens with zero attached hydrogens (tertiary/aromatic N) is 2. The van der Waals surface area contributed by atoms with Crippen LogP contribution in [-0.4, -0.2) is 23.3 Å². The molecule has 0 fully saturated rings. The van der Waals surface area contributed by atoms with Gasteiger partial charge >= 0.3 is 0 Å². The largest absolute Gasteiger partial charge is 0.383 e. The Bertz CT molecular complexity index is 539. The highest BCUT2D eigenvalue weighted by atomic mass is 35.5. The zero-order chi connectivity index (χ0) is 13.1. The van der Waals surface area contributed by atoms with Gasteiger partial charge in [0, 0.05) is 7.11 Å². The Balaban J connectivity index is 2.62. The number of methoxy groups -OCH3 is 1. The van der Waals surface area contributed by atoms with E-state index in [9.17, 15) is 0 Å². The number of benzene rings is 1. The van der Waals surface area contributed by atoms with Crippen LogP contribution in [0.1, 0.15) is 25.2 Å². The van der Waals surface area contributed by atoms with Crippen LogP contribution in [0.2, 0.25) is 5.02 Å². The topological polar surface area (TPSA) is 27.1 Å². The lowest BCUT2D eigenvalue weighted by atomic mass is 10.2. The van der Waals surface area contributed by atoms with Crippen LogP contribution < -0.4 is 0 Å². The van der Waals surface area contributed by atoms with Crippen LogP contribution in [0.5, 0.6) is 0 Å². The molecule has 1 atom stereocenters. The van der Waals surface area contributed by atoms with Crippen molar-refractivity contribution in [3.63, 3.8) is 0 Å². The number of fused-ring (bicyclic) bond motifs is 1. The van der Waals surface area contributed by atoms with Crippen molar-refractivity contribution >= 4 is 34.2 Å². The molecule has 2 rings (SSSR count). The number of rotatable bonds is 5. The van der Waals surface area contributed by atoms with Crippen molar-refractivity contribution in [2.24, 2.45) is 0 Å². The van der Waals surface area contributed by atoms with Crippen molar-refractivity contribution in [2.75, 3.05) is 13.7 Å². The molecule has 1 aromatic carbocycles. The number of hydrogen-bond donors (Lipinski definition) is 0. The maximum Gasteiger partial charge on any atom is 0.125 e. The molecular formula is C13H16Cl2N2O. The minimum atomic E-state index is 0.229. The van der Waals surface area contributed by atoms with E-state index >= 15 is 0 Å². The number of hydrogen-bond acceptors (Lipinski definition) is 2. The fraction of sp³-hybridized carbons (Fsp3) is 0.462. The molecule has 0 aliphatic rings. The van der Waals surface area contributed by atoms with Crippen molar-refractivity contribution in [3.05, 3.63) is 29.0 Å². The Hall–Kier alpha value is -0.770. The summed E-state index contributed by atoms with van der Waals surface area (Å²) in [4.78, 5) is 4.53. The van der Waals surface area contributed by atoms with E-state index in [0.717, 1.165) is 23.3 Å². The molecule has 1 unspecified atom stereocenters. The minimum absolute atomic E-state index is 0.229. The lowest BCUT2D eigenvalue weighted by molar-refractivity contribution is 0.154. The van der Waals surface area contributed by atoms with Crippen LogP contribution in [0.25, 0.3) is 11.0 Å². The van der Waals surface area contributed by atoms with Crippen LogP contribution in [0.15, 0.2) is 18.2 Å². The first-order chi connectivity index (χ1) is 8.72. The Morgan fingerprint density at radius 2 is 2.22 bits per heavy atom. The molecule has 0 aliphatic carbocycles. The molecule has 98 valence electrons. The number of imidazole rings is 1. The second-order valence-corrected chi connectivity index (χ2v) is 4.83. The van der Waals surface area contributed by atoms with Gasteiger partial charge in [0.15, 0.2) is 0 Å². The van der Waals surface area contributed by atoms with Crippen LogP contribution in [0, 0.1) is 0 Å². The zero-order valence-corrected chi connectivity index (χ0v) is 12.0. The van der Waals surface area contributed by atoms with E-state index in [4.69, 9.17) is 27.9 Å². The van der Waals surface area contributed by atoms with Crippen LogP contribution in [0.4, 0.5) is 0 Å². The second kappa shape index (κ2) is 5.91. The Morgan fingerprint density at radius 3 is 2.83 bits per heavy atom. The van der Waals surface area contributed by atoms with Crippen LogP contribution in [0.3, 0.4) is 0 Å². The van der Waals surface area contributed by atoms with Gasteiger partial charge in [-0.1, -0.05) is 24.6 Å². The van der Waals surface area contributed by atoms with Crippen molar-refractivity contribution < 1.29 is 4.74 Å². The Kier molecular flexibility index (Phi) is 4.49. The van der Waals surface area contributed by atoms with Crippen LogP contribution in [-0.2, 0) is 10.6 Å². The average Bonchev–Trinajstić information content (AvgIpc) is 2.76. The predicted molar refractivity (Wildman–Crippen MR) is 75.5 cm³/mol. The molecule has 0 bridgehead atoms. The molecule has 0 saturated carbocycles. The summed E-state index contributed by atoms with van der Waals surface area (Å²) in [5.41, 5.74) is 1.83. The van der Waals surface area contributed by atoms with Gasteiger partial charge in [-0.15, -0.1) is 11.6 Å². The van der Waals surface area contributed by atoms with Crippen LogP contribution >= 0.6 is 23.2 Å². The predicted octanol–water partition coefficient (Wildman–Crippen LogP) is 4.03. The third-order valence-corrected chi connectivity index (χ3v) is 3.60. The van der Waals surface area contributed by atoms with Crippen molar-refractivity contribution in [1.29, 1.82) is 0 Å². The van der Waals surface area contributed by atoms with Gasteiger partial charge in [-0.3, -0.25) is 0 Å². The molecule has 1 heterocycles. The maximum atomic E-state index is 6.17. The first kappa shape index (κ1) is 13.7. The van der Waals surface area contributed by atoms with Gasteiger partial charge in [0.2, 0.25) is 0 Å². The van der Waals surface area contributed by atoms with Crippen molar-refractivity contribution in [3.8, 4) is 0 Å². The van der Waals surface area contributed by atoms with Gasteiger partial charge in [0.05, 0.1) is 29.1 Å². The highest BCUT2D eigenvalue weighted by Gasteiger charge is 2.18. The number of para-hydroxylation sites is 1. The summed E-state index contributed by atoms with van der Waals surface area (Å²) in [6.45, 7) is 2.76. The smallest absolute Gasteiger partial charge is 0.125 e. The summed E-state index contributed by atoms with van der Waals surface area (Å²) in [6.07, 6.45) is 0.954. The summed E-state index contributed by atoms with van der Waals surface area (Å²) in [7, 11) is 1.70. The molecule has 0 aliphatic heterocycles. The summed E-state index contributed by atoms with van der Waals surface area (Å²) in [5, 5.41) is 0.657. The second-order valence-electron chi connectivity index (χ2n) is 4.16. The monoisotopic (exact) mass is 286 g/mol. The number of ether oxygens (including phenoxy) is 1. The molecule has 5 heteroatoms. The Morgan fingerprint density at radius 1 is 1.44 bits per heavy atom. The highest BCUT2D eigenvalue weighted by Crippen LogP contribution is 2.28. The molecule has 0 radical (unpaired) electrons. The van der Waals surface area contributed by atoms with E-state index in [1.807, 2.05) is 18.2 Å². The number of halogens is 2.